The lowest BCUT2D eigenvalue weighted by atomic mass is 10.1. The Hall–Kier alpha value is -1.61. The minimum Gasteiger partial charge on any atom is -0.478 e. The largest absolute Gasteiger partial charge is 0.478 e. The quantitative estimate of drug-likeness (QED) is 0.714. The second kappa shape index (κ2) is 4.58. The summed E-state index contributed by atoms with van der Waals surface area (Å²) in [7, 11) is 0. The van der Waals surface area contributed by atoms with Crippen molar-refractivity contribution in [2.75, 3.05) is 0 Å². The SMILES string of the molecule is Cc1ccc(C(N)/C=C/C(=O)O)cc1. The number of benzene rings is 1. The smallest absolute Gasteiger partial charge is 0.328 e. The molecule has 0 saturated heterocycles. The molecule has 1 aromatic rings. The molecule has 1 unspecified atom stereocenters. The van der Waals surface area contributed by atoms with Crippen molar-refractivity contribution in [2.24, 2.45) is 5.73 Å². The van der Waals surface area contributed by atoms with Gasteiger partial charge >= 0.3 is 5.97 Å². The van der Waals surface area contributed by atoms with E-state index in [0.717, 1.165) is 17.2 Å². The second-order valence-electron chi connectivity index (χ2n) is 3.13. The van der Waals surface area contributed by atoms with E-state index >= 15 is 0 Å². The number of carboxylic acid groups (broad SMARTS) is 1. The fourth-order valence-electron chi connectivity index (χ4n) is 1.09. The van der Waals surface area contributed by atoms with Crippen molar-refractivity contribution < 1.29 is 9.90 Å². The first kappa shape index (κ1) is 10.5. The van der Waals surface area contributed by atoms with Gasteiger partial charge in [-0.3, -0.25) is 0 Å². The average Bonchev–Trinajstić information content (AvgIpc) is 2.15. The van der Waals surface area contributed by atoms with Crippen LogP contribution in [0.3, 0.4) is 0 Å². The van der Waals surface area contributed by atoms with Gasteiger partial charge in [-0.25, -0.2) is 4.79 Å². The normalized spacial score (nSPS) is 13.0. The number of rotatable bonds is 3. The summed E-state index contributed by atoms with van der Waals surface area (Å²) in [6.07, 6.45) is 2.53. The molecule has 3 N–H and O–H groups in total. The summed E-state index contributed by atoms with van der Waals surface area (Å²) < 4.78 is 0. The van der Waals surface area contributed by atoms with Crippen LogP contribution < -0.4 is 5.73 Å². The first-order valence-corrected chi connectivity index (χ1v) is 4.33. The van der Waals surface area contributed by atoms with Crippen LogP contribution in [0.2, 0.25) is 0 Å². The van der Waals surface area contributed by atoms with E-state index < -0.39 is 5.97 Å². The summed E-state index contributed by atoms with van der Waals surface area (Å²) in [5.41, 5.74) is 7.81. The minimum absolute atomic E-state index is 0.355. The zero-order valence-electron chi connectivity index (χ0n) is 7.97. The van der Waals surface area contributed by atoms with Crippen molar-refractivity contribution in [1.82, 2.24) is 0 Å². The molecule has 0 fully saturated rings. The molecule has 74 valence electrons. The Balaban J connectivity index is 2.74. The first-order valence-electron chi connectivity index (χ1n) is 4.33. The van der Waals surface area contributed by atoms with Crippen LogP contribution in [0, 0.1) is 6.92 Å². The van der Waals surface area contributed by atoms with Gasteiger partial charge < -0.3 is 10.8 Å². The van der Waals surface area contributed by atoms with E-state index in [9.17, 15) is 4.79 Å². The number of hydrogen-bond donors (Lipinski definition) is 2. The molecule has 3 nitrogen and oxygen atoms in total. The van der Waals surface area contributed by atoms with Crippen LogP contribution in [0.1, 0.15) is 17.2 Å². The van der Waals surface area contributed by atoms with Gasteiger partial charge in [-0.05, 0) is 12.5 Å². The topological polar surface area (TPSA) is 63.3 Å². The number of aliphatic carboxylic acids is 1. The maximum atomic E-state index is 10.2. The molecule has 0 aliphatic carbocycles. The molecule has 0 aliphatic rings. The maximum absolute atomic E-state index is 10.2. The summed E-state index contributed by atoms with van der Waals surface area (Å²) in [6.45, 7) is 1.99. The summed E-state index contributed by atoms with van der Waals surface area (Å²) in [6, 6.07) is 7.33. The highest BCUT2D eigenvalue weighted by molar-refractivity contribution is 5.79. The van der Waals surface area contributed by atoms with Gasteiger partial charge in [0.2, 0.25) is 0 Å². The molecule has 0 radical (unpaired) electrons. The maximum Gasteiger partial charge on any atom is 0.328 e. The third kappa shape index (κ3) is 3.03. The highest BCUT2D eigenvalue weighted by atomic mass is 16.4. The molecular weight excluding hydrogens is 178 g/mol. The molecule has 0 spiro atoms. The Morgan fingerprint density at radius 1 is 1.43 bits per heavy atom. The highest BCUT2D eigenvalue weighted by Crippen LogP contribution is 2.12. The number of nitrogens with two attached hydrogens (primary N) is 1. The van der Waals surface area contributed by atoms with Crippen LogP contribution in [0.5, 0.6) is 0 Å². The molecule has 0 bridgehead atoms. The lowest BCUT2D eigenvalue weighted by Crippen LogP contribution is -2.07. The minimum atomic E-state index is -0.979. The monoisotopic (exact) mass is 191 g/mol. The van der Waals surface area contributed by atoms with Gasteiger partial charge in [-0.15, -0.1) is 0 Å². The van der Waals surface area contributed by atoms with Crippen LogP contribution in [-0.2, 0) is 4.79 Å². The van der Waals surface area contributed by atoms with E-state index in [4.69, 9.17) is 10.8 Å². The Morgan fingerprint density at radius 3 is 2.50 bits per heavy atom. The Morgan fingerprint density at radius 2 is 2.00 bits per heavy atom. The average molecular weight is 191 g/mol. The number of carbonyl (C=O) groups is 1. The van der Waals surface area contributed by atoms with Crippen molar-refractivity contribution in [3.05, 3.63) is 47.5 Å². The molecule has 0 aliphatic heterocycles. The van der Waals surface area contributed by atoms with Crippen LogP contribution in [0.25, 0.3) is 0 Å². The van der Waals surface area contributed by atoms with Gasteiger partial charge in [0.15, 0.2) is 0 Å². The van der Waals surface area contributed by atoms with E-state index in [2.05, 4.69) is 0 Å². The van der Waals surface area contributed by atoms with E-state index in [1.54, 1.807) is 0 Å². The molecule has 1 atom stereocenters. The van der Waals surface area contributed by atoms with Crippen molar-refractivity contribution in [1.29, 1.82) is 0 Å². The van der Waals surface area contributed by atoms with Crippen LogP contribution in [0.15, 0.2) is 36.4 Å². The Kier molecular flexibility index (Phi) is 3.42. The van der Waals surface area contributed by atoms with Gasteiger partial charge in [-0.1, -0.05) is 35.9 Å². The van der Waals surface area contributed by atoms with Gasteiger partial charge in [0.1, 0.15) is 0 Å². The summed E-state index contributed by atoms with van der Waals surface area (Å²) in [5, 5.41) is 8.41. The van der Waals surface area contributed by atoms with Crippen LogP contribution in [0.4, 0.5) is 0 Å². The third-order valence-electron chi connectivity index (χ3n) is 1.91. The Labute approximate surface area is 82.9 Å². The highest BCUT2D eigenvalue weighted by Gasteiger charge is 2.01. The molecule has 0 aromatic heterocycles. The van der Waals surface area contributed by atoms with Crippen LogP contribution >= 0.6 is 0 Å². The first-order chi connectivity index (χ1) is 6.59. The van der Waals surface area contributed by atoms with Gasteiger partial charge in [0, 0.05) is 12.1 Å². The fourth-order valence-corrected chi connectivity index (χ4v) is 1.09. The molecule has 14 heavy (non-hydrogen) atoms. The van der Waals surface area contributed by atoms with Crippen molar-refractivity contribution in [3.63, 3.8) is 0 Å². The van der Waals surface area contributed by atoms with E-state index in [1.165, 1.54) is 6.08 Å². The van der Waals surface area contributed by atoms with Gasteiger partial charge in [0.05, 0.1) is 0 Å². The fraction of sp³-hybridized carbons (Fsp3) is 0.182. The van der Waals surface area contributed by atoms with E-state index in [1.807, 2.05) is 31.2 Å². The number of aryl methyl sites for hydroxylation is 1. The van der Waals surface area contributed by atoms with Crippen molar-refractivity contribution >= 4 is 5.97 Å². The van der Waals surface area contributed by atoms with Gasteiger partial charge in [0.25, 0.3) is 0 Å². The van der Waals surface area contributed by atoms with Crippen molar-refractivity contribution in [2.45, 2.75) is 13.0 Å². The molecule has 0 saturated carbocycles. The number of hydrogen-bond acceptors (Lipinski definition) is 2. The lowest BCUT2D eigenvalue weighted by molar-refractivity contribution is -0.131. The Bertz CT molecular complexity index is 341. The zero-order valence-corrected chi connectivity index (χ0v) is 7.97. The van der Waals surface area contributed by atoms with Gasteiger partial charge in [-0.2, -0.15) is 0 Å². The zero-order chi connectivity index (χ0) is 10.6. The molecule has 1 rings (SSSR count). The van der Waals surface area contributed by atoms with E-state index in [-0.39, 0.29) is 6.04 Å². The van der Waals surface area contributed by atoms with Crippen LogP contribution in [-0.4, -0.2) is 11.1 Å². The molecule has 1 aromatic carbocycles. The standard InChI is InChI=1S/C11H13NO2/c1-8-2-4-9(5-3-8)10(12)6-7-11(13)14/h2-7,10H,12H2,1H3,(H,13,14)/b7-6+. The molecule has 0 amide bonds. The lowest BCUT2D eigenvalue weighted by Gasteiger charge is -2.06. The van der Waals surface area contributed by atoms with Crippen molar-refractivity contribution in [3.8, 4) is 0 Å². The third-order valence-corrected chi connectivity index (χ3v) is 1.91. The molecule has 3 heteroatoms. The second-order valence-corrected chi connectivity index (χ2v) is 3.13. The molecular formula is C11H13NO2. The molecule has 0 heterocycles. The number of carboxylic acids is 1. The predicted octanol–water partition coefficient (Wildman–Crippen LogP) is 1.64. The summed E-state index contributed by atoms with van der Waals surface area (Å²) >= 11 is 0. The summed E-state index contributed by atoms with van der Waals surface area (Å²) in [5.74, 6) is -0.979. The predicted molar refractivity (Wildman–Crippen MR) is 54.9 cm³/mol. The van der Waals surface area contributed by atoms with E-state index in [0.29, 0.717) is 0 Å². The summed E-state index contributed by atoms with van der Waals surface area (Å²) in [4.78, 5) is 10.2.